The van der Waals surface area contributed by atoms with E-state index in [0.717, 1.165) is 13.8 Å². The summed E-state index contributed by atoms with van der Waals surface area (Å²) >= 11 is 6.05. The number of imidazole rings is 1. The topological polar surface area (TPSA) is 81.7 Å². The molecular formula is C13H13ClN4O2S+. The van der Waals surface area contributed by atoms with Crippen molar-refractivity contribution < 1.29 is 8.42 Å². The second-order valence-corrected chi connectivity index (χ2v) is 6.96. The van der Waals surface area contributed by atoms with Gasteiger partial charge in [0.1, 0.15) is 25.9 Å². The van der Waals surface area contributed by atoms with E-state index in [4.69, 9.17) is 16.9 Å². The molecule has 1 heterocycles. The van der Waals surface area contributed by atoms with Gasteiger partial charge in [0.2, 0.25) is 5.82 Å². The zero-order valence-electron chi connectivity index (χ0n) is 11.7. The lowest BCUT2D eigenvalue weighted by atomic mass is 10.1. The maximum atomic E-state index is 12.4. The molecule has 0 aliphatic heterocycles. The molecular weight excluding hydrogens is 312 g/mol. The number of halogens is 1. The molecule has 0 N–H and O–H groups in total. The van der Waals surface area contributed by atoms with Crippen molar-refractivity contribution in [1.82, 2.24) is 13.3 Å². The Kier molecular flexibility index (Phi) is 4.05. The average molecular weight is 325 g/mol. The maximum absolute atomic E-state index is 12.4. The van der Waals surface area contributed by atoms with E-state index >= 15 is 0 Å². The lowest BCUT2D eigenvalue weighted by Gasteiger charge is -2.09. The number of hydrogen-bond donors (Lipinski definition) is 0. The van der Waals surface area contributed by atoms with Crippen molar-refractivity contribution in [2.45, 2.75) is 6.92 Å². The fourth-order valence-corrected chi connectivity index (χ4v) is 3.16. The van der Waals surface area contributed by atoms with Crippen molar-refractivity contribution >= 4 is 21.8 Å². The largest absolute Gasteiger partial charge is 0.448 e. The van der Waals surface area contributed by atoms with Crippen molar-refractivity contribution in [3.8, 4) is 17.3 Å². The Morgan fingerprint density at radius 1 is 1.29 bits per heavy atom. The molecule has 8 heteroatoms. The number of hydrogen-bond acceptors (Lipinski definition) is 4. The highest BCUT2D eigenvalue weighted by molar-refractivity contribution is 7.88. The molecule has 109 valence electrons. The van der Waals surface area contributed by atoms with Crippen molar-refractivity contribution in [1.29, 1.82) is 5.26 Å². The molecule has 0 atom stereocenters. The first-order valence-corrected chi connectivity index (χ1v) is 7.75. The Bertz CT molecular complexity index is 817. The summed E-state index contributed by atoms with van der Waals surface area (Å²) in [5, 5.41) is 9.09. The van der Waals surface area contributed by atoms with Crippen LogP contribution in [0.2, 0.25) is 5.15 Å². The Morgan fingerprint density at radius 3 is 2.33 bits per heavy atom. The zero-order chi connectivity index (χ0) is 15.8. The van der Waals surface area contributed by atoms with Crippen LogP contribution in [0.4, 0.5) is 0 Å². The van der Waals surface area contributed by atoms with Crippen molar-refractivity contribution in [3.05, 3.63) is 40.8 Å². The van der Waals surface area contributed by atoms with E-state index < -0.39 is 10.2 Å². The van der Waals surface area contributed by atoms with Crippen LogP contribution in [0.5, 0.6) is 0 Å². The number of aryl methyl sites for hydroxylation is 1. The van der Waals surface area contributed by atoms with Crippen LogP contribution < -0.4 is 4.31 Å². The minimum Gasteiger partial charge on any atom is -0.205 e. The van der Waals surface area contributed by atoms with Gasteiger partial charge in [0.15, 0.2) is 5.15 Å². The number of benzene rings is 1. The second kappa shape index (κ2) is 5.48. The molecule has 0 saturated heterocycles. The summed E-state index contributed by atoms with van der Waals surface area (Å²) in [5.41, 5.74) is 1.78. The van der Waals surface area contributed by atoms with Gasteiger partial charge in [0.25, 0.3) is 0 Å². The summed E-state index contributed by atoms with van der Waals surface area (Å²) in [6.45, 7) is 1.92. The standard InChI is InChI=1S/C13H13ClN4O2S/c1-9-4-6-10(7-5-9)12-13(14)16-11(8-15)18(12)21(19,20)17(2)3/h4-7H,1-3H3/q+1. The zero-order valence-corrected chi connectivity index (χ0v) is 13.3. The lowest BCUT2D eigenvalue weighted by Crippen LogP contribution is -2.34. The normalized spacial score (nSPS) is 11.6. The van der Waals surface area contributed by atoms with E-state index in [9.17, 15) is 8.42 Å². The first kappa shape index (κ1) is 15.5. The van der Waals surface area contributed by atoms with Crippen molar-refractivity contribution in [2.24, 2.45) is 0 Å². The van der Waals surface area contributed by atoms with Crippen LogP contribution in [0.1, 0.15) is 11.4 Å². The Labute approximate surface area is 128 Å². The fourth-order valence-electron chi connectivity index (χ4n) is 1.79. The van der Waals surface area contributed by atoms with Crippen LogP contribution in [0.15, 0.2) is 24.3 Å². The Balaban J connectivity index is 2.82. The number of rotatable bonds is 3. The number of nitriles is 1. The molecule has 1 aromatic heterocycles. The first-order chi connectivity index (χ1) is 9.78. The van der Waals surface area contributed by atoms with Gasteiger partial charge in [-0.05, 0) is 11.2 Å². The monoisotopic (exact) mass is 324 g/mol. The fraction of sp³-hybridized carbons (Fsp3) is 0.231. The van der Waals surface area contributed by atoms with Crippen LogP contribution in [-0.4, -0.2) is 31.5 Å². The minimum atomic E-state index is -3.91. The minimum absolute atomic E-state index is 0.0270. The third kappa shape index (κ3) is 2.65. The third-order valence-corrected chi connectivity index (χ3v) is 4.92. The molecule has 0 aliphatic rings. The van der Waals surface area contributed by atoms with Gasteiger partial charge in [-0.15, -0.1) is 8.42 Å². The van der Waals surface area contributed by atoms with Gasteiger partial charge in [-0.2, -0.15) is 9.23 Å². The van der Waals surface area contributed by atoms with E-state index in [0.29, 0.717) is 5.56 Å². The average Bonchev–Trinajstić information content (AvgIpc) is 2.77. The van der Waals surface area contributed by atoms with Gasteiger partial charge < -0.3 is 0 Å². The van der Waals surface area contributed by atoms with E-state index in [1.54, 1.807) is 18.2 Å². The molecule has 1 aromatic carbocycles. The Hall–Kier alpha value is -1.88. The Morgan fingerprint density at radius 2 is 1.86 bits per heavy atom. The first-order valence-electron chi connectivity index (χ1n) is 5.97. The van der Waals surface area contributed by atoms with E-state index in [1.165, 1.54) is 14.1 Å². The van der Waals surface area contributed by atoms with Crippen molar-refractivity contribution in [3.63, 3.8) is 0 Å². The summed E-state index contributed by atoms with van der Waals surface area (Å²) in [6.07, 6.45) is 0. The molecule has 1 radical (unpaired) electrons. The predicted molar refractivity (Wildman–Crippen MR) is 80.4 cm³/mol. The molecule has 21 heavy (non-hydrogen) atoms. The van der Waals surface area contributed by atoms with Crippen LogP contribution in [0.3, 0.4) is 0 Å². The number of nitrogens with zero attached hydrogens (tertiary/aromatic N) is 4. The predicted octanol–water partition coefficient (Wildman–Crippen LogP) is 1.88. The maximum Gasteiger partial charge on any atom is 0.448 e. The molecule has 2 rings (SSSR count). The van der Waals surface area contributed by atoms with E-state index in [1.807, 2.05) is 19.1 Å². The van der Waals surface area contributed by atoms with E-state index in [2.05, 4.69) is 4.98 Å². The highest BCUT2D eigenvalue weighted by Crippen LogP contribution is 2.30. The molecule has 0 unspecified atom stereocenters. The molecule has 0 fully saturated rings. The molecule has 0 bridgehead atoms. The lowest BCUT2D eigenvalue weighted by molar-refractivity contribution is 0.553. The van der Waals surface area contributed by atoms with E-state index in [-0.39, 0.29) is 16.7 Å². The van der Waals surface area contributed by atoms with Crippen LogP contribution >= 0.6 is 11.6 Å². The molecule has 0 spiro atoms. The third-order valence-electron chi connectivity index (χ3n) is 2.91. The molecule has 0 aliphatic carbocycles. The van der Waals surface area contributed by atoms with Crippen LogP contribution in [-0.2, 0) is 10.2 Å². The molecule has 0 saturated carbocycles. The smallest absolute Gasteiger partial charge is 0.205 e. The summed E-state index contributed by atoms with van der Waals surface area (Å²) in [5.74, 6) is -0.274. The van der Waals surface area contributed by atoms with Gasteiger partial charge in [0.05, 0.1) is 0 Å². The van der Waals surface area contributed by atoms with Gasteiger partial charge in [-0.3, -0.25) is 0 Å². The highest BCUT2D eigenvalue weighted by atomic mass is 35.5. The quantitative estimate of drug-likeness (QED) is 0.807. The van der Waals surface area contributed by atoms with Gasteiger partial charge in [-0.1, -0.05) is 41.4 Å². The number of aromatic nitrogens is 2. The second-order valence-electron chi connectivity index (χ2n) is 4.61. The molecule has 2 aromatic rings. The van der Waals surface area contributed by atoms with Crippen LogP contribution in [0, 0.1) is 18.3 Å². The SMILES string of the molecule is Cc1ccc(-c2c(Cl)nc(C#N)n2S(=O)(=O)[N+](C)C)cc1. The summed E-state index contributed by atoms with van der Waals surface area (Å²) in [4.78, 5) is 3.84. The highest BCUT2D eigenvalue weighted by Gasteiger charge is 2.34. The van der Waals surface area contributed by atoms with Crippen LogP contribution in [0.25, 0.3) is 11.3 Å². The summed E-state index contributed by atoms with van der Waals surface area (Å²) < 4.78 is 26.7. The van der Waals surface area contributed by atoms with Crippen molar-refractivity contribution in [2.75, 3.05) is 14.1 Å². The van der Waals surface area contributed by atoms with Gasteiger partial charge in [-0.25, -0.2) is 4.98 Å². The molecule has 0 amide bonds. The summed E-state index contributed by atoms with van der Waals surface area (Å²) in [7, 11) is -1.15. The van der Waals surface area contributed by atoms with Gasteiger partial charge >= 0.3 is 10.2 Å². The van der Waals surface area contributed by atoms with Gasteiger partial charge in [0, 0.05) is 5.56 Å². The summed E-state index contributed by atoms with van der Waals surface area (Å²) in [6, 6.07) is 8.90. The molecule has 6 nitrogen and oxygen atoms in total.